The molecule has 2 N–H and O–H groups in total. The molecule has 1 heterocycles. The van der Waals surface area contributed by atoms with E-state index in [2.05, 4.69) is 15.3 Å². The smallest absolute Gasteiger partial charge is 0.316 e. The van der Waals surface area contributed by atoms with Gasteiger partial charge < -0.3 is 15.2 Å². The third-order valence-corrected chi connectivity index (χ3v) is 2.06. The third kappa shape index (κ3) is 3.47. The Morgan fingerprint density at radius 2 is 2.19 bits per heavy atom. The molecule has 1 aromatic rings. The van der Waals surface area contributed by atoms with Crippen LogP contribution in [0.2, 0.25) is 0 Å². The summed E-state index contributed by atoms with van der Waals surface area (Å²) in [5.74, 6) is -0.859. The lowest BCUT2D eigenvalue weighted by molar-refractivity contribution is -0.137. The second kappa shape index (κ2) is 6.02. The van der Waals surface area contributed by atoms with E-state index in [0.717, 1.165) is 5.56 Å². The van der Waals surface area contributed by atoms with E-state index in [1.165, 1.54) is 7.11 Å². The summed E-state index contributed by atoms with van der Waals surface area (Å²) in [7, 11) is 1.48. The van der Waals surface area contributed by atoms with Crippen LogP contribution in [0.1, 0.15) is 24.9 Å². The molecule has 6 nitrogen and oxygen atoms in total. The lowest BCUT2D eigenvalue weighted by atomic mass is 10.1. The average molecular weight is 225 g/mol. The van der Waals surface area contributed by atoms with Crippen LogP contribution in [0.5, 0.6) is 6.01 Å². The molecule has 0 saturated carbocycles. The van der Waals surface area contributed by atoms with E-state index in [4.69, 9.17) is 9.84 Å². The zero-order valence-corrected chi connectivity index (χ0v) is 9.30. The molecule has 1 atom stereocenters. The highest BCUT2D eigenvalue weighted by Crippen LogP contribution is 2.15. The van der Waals surface area contributed by atoms with E-state index in [0.29, 0.717) is 6.54 Å². The average Bonchev–Trinajstić information content (AvgIpc) is 2.28. The van der Waals surface area contributed by atoms with Crippen molar-refractivity contribution in [2.24, 2.45) is 0 Å². The van der Waals surface area contributed by atoms with Crippen molar-refractivity contribution in [2.45, 2.75) is 19.4 Å². The van der Waals surface area contributed by atoms with Crippen molar-refractivity contribution < 1.29 is 14.6 Å². The van der Waals surface area contributed by atoms with Crippen molar-refractivity contribution >= 4 is 5.97 Å². The minimum absolute atomic E-state index is 0.00350. The molecule has 0 aliphatic heterocycles. The van der Waals surface area contributed by atoms with Crippen LogP contribution in [-0.2, 0) is 4.79 Å². The second-order valence-corrected chi connectivity index (χ2v) is 3.21. The molecule has 16 heavy (non-hydrogen) atoms. The summed E-state index contributed by atoms with van der Waals surface area (Å²) in [6.07, 6.45) is 3.15. The number of ether oxygens (including phenoxy) is 1. The van der Waals surface area contributed by atoms with Gasteiger partial charge in [-0.15, -0.1) is 0 Å². The summed E-state index contributed by atoms with van der Waals surface area (Å²) in [4.78, 5) is 18.6. The largest absolute Gasteiger partial charge is 0.481 e. The molecule has 0 amide bonds. The van der Waals surface area contributed by atoms with Crippen LogP contribution >= 0.6 is 0 Å². The van der Waals surface area contributed by atoms with Crippen LogP contribution < -0.4 is 10.1 Å². The number of hydrogen-bond acceptors (Lipinski definition) is 5. The monoisotopic (exact) mass is 225 g/mol. The lowest BCUT2D eigenvalue weighted by Gasteiger charge is -2.15. The number of aromatic nitrogens is 2. The first-order chi connectivity index (χ1) is 7.67. The SMILES string of the molecule is CCNC(CC(=O)O)c1cnc(OC)nc1. The number of nitrogens with one attached hydrogen (secondary N) is 1. The Balaban J connectivity index is 2.79. The van der Waals surface area contributed by atoms with E-state index in [9.17, 15) is 4.79 Å². The molecular weight excluding hydrogens is 210 g/mol. The molecule has 6 heteroatoms. The van der Waals surface area contributed by atoms with Crippen LogP contribution in [0.15, 0.2) is 12.4 Å². The molecule has 0 aromatic carbocycles. The van der Waals surface area contributed by atoms with Crippen molar-refractivity contribution in [2.75, 3.05) is 13.7 Å². The number of carboxylic acids is 1. The van der Waals surface area contributed by atoms with Gasteiger partial charge in [0.2, 0.25) is 0 Å². The van der Waals surface area contributed by atoms with Gasteiger partial charge in [-0.25, -0.2) is 9.97 Å². The molecular formula is C10H15N3O3. The number of hydrogen-bond donors (Lipinski definition) is 2. The van der Waals surface area contributed by atoms with Crippen molar-refractivity contribution in [1.29, 1.82) is 0 Å². The van der Waals surface area contributed by atoms with Crippen molar-refractivity contribution in [1.82, 2.24) is 15.3 Å². The van der Waals surface area contributed by atoms with Gasteiger partial charge >= 0.3 is 12.0 Å². The van der Waals surface area contributed by atoms with Crippen LogP contribution in [-0.4, -0.2) is 34.7 Å². The molecule has 88 valence electrons. The van der Waals surface area contributed by atoms with Crippen molar-refractivity contribution in [3.8, 4) is 6.01 Å². The number of carbonyl (C=O) groups is 1. The molecule has 0 radical (unpaired) electrons. The maximum atomic E-state index is 10.7. The van der Waals surface area contributed by atoms with E-state index in [1.54, 1.807) is 12.4 Å². The number of nitrogens with zero attached hydrogens (tertiary/aromatic N) is 2. The number of methoxy groups -OCH3 is 1. The predicted molar refractivity (Wildman–Crippen MR) is 57.3 cm³/mol. The second-order valence-electron chi connectivity index (χ2n) is 3.21. The minimum Gasteiger partial charge on any atom is -0.481 e. The van der Waals surface area contributed by atoms with Gasteiger partial charge in [0.1, 0.15) is 0 Å². The Morgan fingerprint density at radius 3 is 2.62 bits per heavy atom. The third-order valence-electron chi connectivity index (χ3n) is 2.06. The van der Waals surface area contributed by atoms with Gasteiger partial charge in [0, 0.05) is 24.0 Å². The highest BCUT2D eigenvalue weighted by Gasteiger charge is 2.15. The zero-order chi connectivity index (χ0) is 12.0. The first-order valence-electron chi connectivity index (χ1n) is 4.98. The summed E-state index contributed by atoms with van der Waals surface area (Å²) in [5, 5.41) is 11.8. The Labute approximate surface area is 93.7 Å². The van der Waals surface area contributed by atoms with E-state index < -0.39 is 5.97 Å². The number of rotatable bonds is 6. The summed E-state index contributed by atoms with van der Waals surface area (Å²) < 4.78 is 4.83. The van der Waals surface area contributed by atoms with Crippen LogP contribution in [0.4, 0.5) is 0 Å². The summed E-state index contributed by atoms with van der Waals surface area (Å²) in [6.45, 7) is 2.60. The first-order valence-corrected chi connectivity index (χ1v) is 4.98. The molecule has 0 aliphatic rings. The van der Waals surface area contributed by atoms with Gasteiger partial charge in [-0.3, -0.25) is 4.79 Å². The van der Waals surface area contributed by atoms with Crippen molar-refractivity contribution in [3.63, 3.8) is 0 Å². The standard InChI is InChI=1S/C10H15N3O3/c1-3-11-8(4-9(14)15)7-5-12-10(16-2)13-6-7/h5-6,8,11H,3-4H2,1-2H3,(H,14,15). The molecule has 0 aliphatic carbocycles. The maximum Gasteiger partial charge on any atom is 0.316 e. The molecule has 0 spiro atoms. The Kier molecular flexibility index (Phi) is 4.65. The van der Waals surface area contributed by atoms with Crippen molar-refractivity contribution in [3.05, 3.63) is 18.0 Å². The summed E-state index contributed by atoms with van der Waals surface area (Å²) in [6, 6.07) is 0.00253. The van der Waals surface area contributed by atoms with Gasteiger partial charge in [-0.1, -0.05) is 6.92 Å². The predicted octanol–water partition coefficient (Wildman–Crippen LogP) is 0.611. The topological polar surface area (TPSA) is 84.3 Å². The Bertz CT molecular complexity index is 340. The highest BCUT2D eigenvalue weighted by molar-refractivity contribution is 5.67. The molecule has 0 saturated heterocycles. The minimum atomic E-state index is -0.859. The molecule has 1 unspecified atom stereocenters. The number of carboxylic acid groups (broad SMARTS) is 1. The van der Waals surface area contributed by atoms with Gasteiger partial charge in [-0.2, -0.15) is 0 Å². The lowest BCUT2D eigenvalue weighted by Crippen LogP contribution is -2.23. The van der Waals surface area contributed by atoms with Gasteiger partial charge in [0.05, 0.1) is 13.5 Å². The fourth-order valence-electron chi connectivity index (χ4n) is 1.34. The van der Waals surface area contributed by atoms with Crippen LogP contribution in [0.3, 0.4) is 0 Å². The molecule has 1 aromatic heterocycles. The van der Waals surface area contributed by atoms with Crippen LogP contribution in [0, 0.1) is 0 Å². The summed E-state index contributed by atoms with van der Waals surface area (Å²) in [5.41, 5.74) is 0.741. The molecule has 0 fully saturated rings. The fraction of sp³-hybridized carbons (Fsp3) is 0.500. The normalized spacial score (nSPS) is 12.1. The quantitative estimate of drug-likeness (QED) is 0.738. The Morgan fingerprint density at radius 1 is 1.56 bits per heavy atom. The van der Waals surface area contributed by atoms with Gasteiger partial charge in [0.25, 0.3) is 0 Å². The summed E-state index contributed by atoms with van der Waals surface area (Å²) >= 11 is 0. The van der Waals surface area contributed by atoms with E-state index >= 15 is 0 Å². The molecule has 1 rings (SSSR count). The maximum absolute atomic E-state index is 10.7. The number of aliphatic carboxylic acids is 1. The van der Waals surface area contributed by atoms with Gasteiger partial charge in [0.15, 0.2) is 0 Å². The van der Waals surface area contributed by atoms with E-state index in [-0.39, 0.29) is 18.5 Å². The van der Waals surface area contributed by atoms with Gasteiger partial charge in [-0.05, 0) is 6.54 Å². The van der Waals surface area contributed by atoms with Crippen LogP contribution in [0.25, 0.3) is 0 Å². The first kappa shape index (κ1) is 12.4. The zero-order valence-electron chi connectivity index (χ0n) is 9.30. The molecule has 0 bridgehead atoms. The fourth-order valence-corrected chi connectivity index (χ4v) is 1.34. The highest BCUT2D eigenvalue weighted by atomic mass is 16.5. The Hall–Kier alpha value is -1.69. The van der Waals surface area contributed by atoms with E-state index in [1.807, 2.05) is 6.92 Å².